The van der Waals surface area contributed by atoms with E-state index in [0.29, 0.717) is 35.7 Å². The minimum Gasteiger partial charge on any atom is -0.494 e. The SMILES string of the molecule is CCCOc1ccc(/C=C(/NC(=O)c2ccccc2)C(=O)N/N=C/c2ccccc2OCc2cccc(Br)c2)cc1. The molecule has 0 saturated heterocycles. The Morgan fingerprint density at radius 1 is 0.878 bits per heavy atom. The summed E-state index contributed by atoms with van der Waals surface area (Å²) in [6.45, 7) is 3.03. The van der Waals surface area contributed by atoms with E-state index in [9.17, 15) is 9.59 Å². The van der Waals surface area contributed by atoms with Crippen LogP contribution in [0.2, 0.25) is 0 Å². The Hall–Kier alpha value is -4.69. The largest absolute Gasteiger partial charge is 0.494 e. The van der Waals surface area contributed by atoms with Gasteiger partial charge in [-0.2, -0.15) is 5.10 Å². The van der Waals surface area contributed by atoms with E-state index in [0.717, 1.165) is 22.2 Å². The summed E-state index contributed by atoms with van der Waals surface area (Å²) in [5.74, 6) is 0.354. The van der Waals surface area contributed by atoms with E-state index in [4.69, 9.17) is 9.47 Å². The average molecular weight is 613 g/mol. The maximum absolute atomic E-state index is 13.2. The van der Waals surface area contributed by atoms with Gasteiger partial charge in [0.05, 0.1) is 12.8 Å². The van der Waals surface area contributed by atoms with Crippen molar-refractivity contribution >= 4 is 40.0 Å². The molecule has 0 spiro atoms. The Morgan fingerprint density at radius 3 is 2.39 bits per heavy atom. The van der Waals surface area contributed by atoms with E-state index in [1.54, 1.807) is 30.3 Å². The number of hydrogen-bond acceptors (Lipinski definition) is 5. The lowest BCUT2D eigenvalue weighted by Crippen LogP contribution is -2.32. The minimum atomic E-state index is -0.579. The number of amides is 2. The number of nitrogens with zero attached hydrogens (tertiary/aromatic N) is 1. The molecule has 7 nitrogen and oxygen atoms in total. The minimum absolute atomic E-state index is 0.0393. The van der Waals surface area contributed by atoms with Crippen molar-refractivity contribution in [2.24, 2.45) is 5.10 Å². The molecule has 0 heterocycles. The third-order valence-corrected chi connectivity index (χ3v) is 6.26. The van der Waals surface area contributed by atoms with Gasteiger partial charge in [0.25, 0.3) is 11.8 Å². The van der Waals surface area contributed by atoms with Crippen LogP contribution in [0, 0.1) is 0 Å². The predicted octanol–water partition coefficient (Wildman–Crippen LogP) is 6.74. The van der Waals surface area contributed by atoms with Crippen LogP contribution in [-0.2, 0) is 11.4 Å². The molecule has 0 bridgehead atoms. The van der Waals surface area contributed by atoms with Gasteiger partial charge >= 0.3 is 0 Å². The fourth-order valence-corrected chi connectivity index (χ4v) is 4.16. The number of benzene rings is 4. The lowest BCUT2D eigenvalue weighted by atomic mass is 10.1. The van der Waals surface area contributed by atoms with Crippen molar-refractivity contribution in [1.82, 2.24) is 10.7 Å². The topological polar surface area (TPSA) is 89.0 Å². The lowest BCUT2D eigenvalue weighted by Gasteiger charge is -2.11. The van der Waals surface area contributed by atoms with Crippen molar-refractivity contribution in [3.8, 4) is 11.5 Å². The van der Waals surface area contributed by atoms with Gasteiger partial charge in [-0.25, -0.2) is 5.43 Å². The Labute approximate surface area is 248 Å². The molecule has 208 valence electrons. The van der Waals surface area contributed by atoms with E-state index in [1.165, 1.54) is 6.21 Å². The second-order valence-corrected chi connectivity index (χ2v) is 9.87. The van der Waals surface area contributed by atoms with Crippen LogP contribution >= 0.6 is 15.9 Å². The standard InChI is InChI=1S/C33H30BrN3O4/c1-2-19-40-29-17-15-24(16-18-29)21-30(36-32(38)26-10-4-3-5-11-26)33(39)37-35-22-27-12-6-7-14-31(27)41-23-25-9-8-13-28(34)20-25/h3-18,20-22H,2,19,23H2,1H3,(H,36,38)(H,37,39)/b30-21+,35-22+. The average Bonchev–Trinajstić information content (AvgIpc) is 3.00. The van der Waals surface area contributed by atoms with Gasteiger partial charge in [-0.05, 0) is 72.2 Å². The highest BCUT2D eigenvalue weighted by Gasteiger charge is 2.14. The number of nitrogens with one attached hydrogen (secondary N) is 2. The zero-order valence-corrected chi connectivity index (χ0v) is 24.1. The molecule has 0 atom stereocenters. The summed E-state index contributed by atoms with van der Waals surface area (Å²) in [5, 5.41) is 6.85. The van der Waals surface area contributed by atoms with E-state index >= 15 is 0 Å². The molecular weight excluding hydrogens is 582 g/mol. The fraction of sp³-hybridized carbons (Fsp3) is 0.121. The maximum atomic E-state index is 13.2. The number of rotatable bonds is 12. The highest BCUT2D eigenvalue weighted by atomic mass is 79.9. The van der Waals surface area contributed by atoms with Gasteiger partial charge in [0.15, 0.2) is 0 Å². The molecule has 41 heavy (non-hydrogen) atoms. The number of carbonyl (C=O) groups excluding carboxylic acids is 2. The molecule has 0 aromatic heterocycles. The number of halogens is 1. The summed E-state index contributed by atoms with van der Waals surface area (Å²) >= 11 is 3.47. The molecule has 4 aromatic rings. The first kappa shape index (κ1) is 29.3. The number of ether oxygens (including phenoxy) is 2. The molecule has 0 radical (unpaired) electrons. The summed E-state index contributed by atoms with van der Waals surface area (Å²) in [4.78, 5) is 26.0. The summed E-state index contributed by atoms with van der Waals surface area (Å²) in [5.41, 5.74) is 5.38. The molecule has 0 unspecified atom stereocenters. The first-order valence-electron chi connectivity index (χ1n) is 13.1. The molecule has 8 heteroatoms. The molecule has 0 aliphatic rings. The normalized spacial score (nSPS) is 11.2. The van der Waals surface area contributed by atoms with Gasteiger partial charge in [-0.1, -0.05) is 77.5 Å². The van der Waals surface area contributed by atoms with Crippen LogP contribution in [0.3, 0.4) is 0 Å². The lowest BCUT2D eigenvalue weighted by molar-refractivity contribution is -0.117. The van der Waals surface area contributed by atoms with Crippen molar-refractivity contribution in [3.05, 3.63) is 136 Å². The van der Waals surface area contributed by atoms with Gasteiger partial charge in [0, 0.05) is 15.6 Å². The quantitative estimate of drug-likeness (QED) is 0.105. The molecule has 4 rings (SSSR count). The van der Waals surface area contributed by atoms with Crippen LogP contribution in [0.4, 0.5) is 0 Å². The molecule has 2 N–H and O–H groups in total. The first-order valence-corrected chi connectivity index (χ1v) is 13.9. The molecule has 0 aliphatic heterocycles. The third-order valence-electron chi connectivity index (χ3n) is 5.76. The van der Waals surface area contributed by atoms with Crippen molar-refractivity contribution in [1.29, 1.82) is 0 Å². The molecule has 2 amide bonds. The number of carbonyl (C=O) groups is 2. The fourth-order valence-electron chi connectivity index (χ4n) is 3.72. The summed E-state index contributed by atoms with van der Waals surface area (Å²) in [7, 11) is 0. The molecule has 0 fully saturated rings. The van der Waals surface area contributed by atoms with Gasteiger partial charge in [0.2, 0.25) is 0 Å². The molecule has 0 aliphatic carbocycles. The molecule has 0 saturated carbocycles. The zero-order chi connectivity index (χ0) is 28.9. The Kier molecular flexibility index (Phi) is 10.9. The van der Waals surface area contributed by atoms with Crippen molar-refractivity contribution in [2.45, 2.75) is 20.0 Å². The van der Waals surface area contributed by atoms with Crippen LogP contribution in [0.25, 0.3) is 6.08 Å². The van der Waals surface area contributed by atoms with Gasteiger partial charge in [0.1, 0.15) is 23.8 Å². The Morgan fingerprint density at radius 2 is 1.63 bits per heavy atom. The van der Waals surface area contributed by atoms with E-state index in [1.807, 2.05) is 85.8 Å². The summed E-state index contributed by atoms with van der Waals surface area (Å²) in [6, 6.07) is 31.2. The van der Waals surface area contributed by atoms with Crippen LogP contribution in [0.15, 0.2) is 118 Å². The summed E-state index contributed by atoms with van der Waals surface area (Å²) in [6.07, 6.45) is 3.99. The highest BCUT2D eigenvalue weighted by molar-refractivity contribution is 9.10. The Bertz CT molecular complexity index is 1520. The van der Waals surface area contributed by atoms with Crippen LogP contribution in [0.5, 0.6) is 11.5 Å². The number of hydrazone groups is 1. The van der Waals surface area contributed by atoms with Gasteiger partial charge in [-0.3, -0.25) is 9.59 Å². The number of para-hydroxylation sites is 1. The molecular formula is C33H30BrN3O4. The van der Waals surface area contributed by atoms with Crippen molar-refractivity contribution in [2.75, 3.05) is 6.61 Å². The van der Waals surface area contributed by atoms with E-state index in [-0.39, 0.29) is 5.70 Å². The van der Waals surface area contributed by atoms with Gasteiger partial charge in [-0.15, -0.1) is 0 Å². The van der Waals surface area contributed by atoms with Crippen LogP contribution < -0.4 is 20.2 Å². The first-order chi connectivity index (χ1) is 20.0. The maximum Gasteiger partial charge on any atom is 0.287 e. The predicted molar refractivity (Wildman–Crippen MR) is 165 cm³/mol. The Balaban J connectivity index is 1.48. The smallest absolute Gasteiger partial charge is 0.287 e. The van der Waals surface area contributed by atoms with Crippen molar-refractivity contribution in [3.63, 3.8) is 0 Å². The third kappa shape index (κ3) is 9.19. The second-order valence-electron chi connectivity index (χ2n) is 8.95. The highest BCUT2D eigenvalue weighted by Crippen LogP contribution is 2.19. The second kappa shape index (κ2) is 15.2. The van der Waals surface area contributed by atoms with Crippen molar-refractivity contribution < 1.29 is 19.1 Å². The van der Waals surface area contributed by atoms with E-state index < -0.39 is 11.8 Å². The summed E-state index contributed by atoms with van der Waals surface area (Å²) < 4.78 is 12.6. The van der Waals surface area contributed by atoms with E-state index in [2.05, 4.69) is 31.8 Å². The zero-order valence-electron chi connectivity index (χ0n) is 22.5. The monoisotopic (exact) mass is 611 g/mol. The van der Waals surface area contributed by atoms with Gasteiger partial charge < -0.3 is 14.8 Å². The molecule has 4 aromatic carbocycles. The van der Waals surface area contributed by atoms with Crippen LogP contribution in [-0.4, -0.2) is 24.6 Å². The number of hydrogen-bond donors (Lipinski definition) is 2. The van der Waals surface area contributed by atoms with Crippen LogP contribution in [0.1, 0.15) is 40.4 Å².